The molecule has 1 amide bonds. The van der Waals surface area contributed by atoms with Gasteiger partial charge in [-0.3, -0.25) is 0 Å². The molecule has 0 atom stereocenters. The van der Waals surface area contributed by atoms with Crippen LogP contribution in [-0.2, 0) is 0 Å². The minimum atomic E-state index is -0.907. The lowest BCUT2D eigenvalue weighted by Crippen LogP contribution is -2.48. The second-order valence-electron chi connectivity index (χ2n) is 4.42. The first-order valence-electron chi connectivity index (χ1n) is 6.01. The fourth-order valence-corrected chi connectivity index (χ4v) is 2.16. The van der Waals surface area contributed by atoms with Gasteiger partial charge in [-0.2, -0.15) is 5.26 Å². The summed E-state index contributed by atoms with van der Waals surface area (Å²) in [5, 5.41) is 18.1. The molecular weight excluding hydrogens is 246 g/mol. The highest BCUT2D eigenvalue weighted by Gasteiger charge is 2.24. The first kappa shape index (κ1) is 13.1. The monoisotopic (exact) mass is 261 g/mol. The highest BCUT2D eigenvalue weighted by atomic mass is 16.4. The first-order valence-corrected chi connectivity index (χ1v) is 6.01. The van der Waals surface area contributed by atoms with Gasteiger partial charge in [-0.15, -0.1) is 0 Å². The largest absolute Gasteiger partial charge is 0.465 e. The quantitative estimate of drug-likeness (QED) is 0.802. The van der Waals surface area contributed by atoms with Crippen LogP contribution in [0.15, 0.2) is 0 Å². The topological polar surface area (TPSA) is 93.4 Å². The third-order valence-electron chi connectivity index (χ3n) is 3.14. The predicted molar refractivity (Wildman–Crippen MR) is 68.0 cm³/mol. The summed E-state index contributed by atoms with van der Waals surface area (Å²) in [5.74, 6) is 1.23. The Kier molecular flexibility index (Phi) is 3.51. The Morgan fingerprint density at radius 1 is 1.26 bits per heavy atom. The van der Waals surface area contributed by atoms with Crippen molar-refractivity contribution in [1.82, 2.24) is 14.9 Å². The number of piperazine rings is 1. The summed E-state index contributed by atoms with van der Waals surface area (Å²) in [6, 6.07) is 2.13. The maximum absolute atomic E-state index is 10.9. The van der Waals surface area contributed by atoms with Gasteiger partial charge in [0.2, 0.25) is 0 Å². The van der Waals surface area contributed by atoms with E-state index in [2.05, 4.69) is 16.0 Å². The smallest absolute Gasteiger partial charge is 0.407 e. The minimum absolute atomic E-state index is 0.419. The zero-order valence-electron chi connectivity index (χ0n) is 10.9. The molecule has 2 rings (SSSR count). The van der Waals surface area contributed by atoms with E-state index in [-0.39, 0.29) is 0 Å². The summed E-state index contributed by atoms with van der Waals surface area (Å²) in [7, 11) is 0. The van der Waals surface area contributed by atoms with Crippen molar-refractivity contribution in [2.24, 2.45) is 0 Å². The molecule has 1 aromatic rings. The van der Waals surface area contributed by atoms with Crippen LogP contribution in [0.25, 0.3) is 0 Å². The zero-order chi connectivity index (χ0) is 14.0. The predicted octanol–water partition coefficient (Wildman–Crippen LogP) is 0.765. The van der Waals surface area contributed by atoms with Crippen LogP contribution in [-0.4, -0.2) is 52.2 Å². The Labute approximate surface area is 111 Å². The molecule has 1 N–H and O–H groups in total. The molecule has 7 nitrogen and oxygen atoms in total. The molecule has 1 aromatic heterocycles. The van der Waals surface area contributed by atoms with Crippen LogP contribution < -0.4 is 4.90 Å². The second kappa shape index (κ2) is 5.10. The van der Waals surface area contributed by atoms with Gasteiger partial charge in [-0.1, -0.05) is 0 Å². The summed E-state index contributed by atoms with van der Waals surface area (Å²) < 4.78 is 0. The molecule has 1 saturated heterocycles. The molecular formula is C12H15N5O2. The van der Waals surface area contributed by atoms with Crippen molar-refractivity contribution in [3.8, 4) is 6.07 Å². The Hall–Kier alpha value is -2.36. The van der Waals surface area contributed by atoms with Crippen molar-refractivity contribution < 1.29 is 9.90 Å². The van der Waals surface area contributed by atoms with E-state index in [4.69, 9.17) is 5.11 Å². The van der Waals surface area contributed by atoms with Gasteiger partial charge in [-0.25, -0.2) is 14.8 Å². The van der Waals surface area contributed by atoms with Gasteiger partial charge in [0.1, 0.15) is 17.5 Å². The van der Waals surface area contributed by atoms with Crippen molar-refractivity contribution >= 4 is 11.9 Å². The molecule has 0 aromatic carbocycles. The number of aryl methyl sites for hydroxylation is 2. The molecule has 19 heavy (non-hydrogen) atoms. The van der Waals surface area contributed by atoms with E-state index in [1.807, 2.05) is 4.90 Å². The third kappa shape index (κ3) is 2.57. The van der Waals surface area contributed by atoms with Gasteiger partial charge in [0.05, 0.1) is 5.69 Å². The van der Waals surface area contributed by atoms with Crippen molar-refractivity contribution in [2.45, 2.75) is 13.8 Å². The molecule has 1 fully saturated rings. The van der Waals surface area contributed by atoms with Gasteiger partial charge >= 0.3 is 6.09 Å². The maximum Gasteiger partial charge on any atom is 0.407 e. The Balaban J connectivity index is 2.25. The zero-order valence-corrected chi connectivity index (χ0v) is 10.9. The Bertz CT molecular complexity index is 544. The maximum atomic E-state index is 10.9. The molecule has 100 valence electrons. The van der Waals surface area contributed by atoms with Crippen molar-refractivity contribution in [2.75, 3.05) is 31.1 Å². The lowest BCUT2D eigenvalue weighted by Gasteiger charge is -2.34. The van der Waals surface area contributed by atoms with E-state index in [0.29, 0.717) is 49.1 Å². The van der Waals surface area contributed by atoms with Gasteiger partial charge < -0.3 is 14.9 Å². The Morgan fingerprint density at radius 2 is 1.89 bits per heavy atom. The molecule has 0 bridgehead atoms. The fourth-order valence-electron chi connectivity index (χ4n) is 2.16. The number of carboxylic acid groups (broad SMARTS) is 1. The molecule has 0 aliphatic carbocycles. The van der Waals surface area contributed by atoms with E-state index >= 15 is 0 Å². The fraction of sp³-hybridized carbons (Fsp3) is 0.500. The number of hydrogen-bond acceptors (Lipinski definition) is 5. The second-order valence-corrected chi connectivity index (χ2v) is 4.42. The summed E-state index contributed by atoms with van der Waals surface area (Å²) >= 11 is 0. The standard InChI is InChI=1S/C12H15N5O2/c1-8-10(7-13)11(15-9(2)14-8)16-3-5-17(6-4-16)12(18)19/h3-6H2,1-2H3,(H,18,19). The molecule has 0 saturated carbocycles. The number of nitrogens with zero attached hydrogens (tertiary/aromatic N) is 5. The highest BCUT2D eigenvalue weighted by Crippen LogP contribution is 2.21. The van der Waals surface area contributed by atoms with Crippen LogP contribution in [0.1, 0.15) is 17.1 Å². The lowest BCUT2D eigenvalue weighted by molar-refractivity contribution is 0.142. The van der Waals surface area contributed by atoms with Crippen molar-refractivity contribution in [1.29, 1.82) is 5.26 Å². The molecule has 1 aliphatic rings. The van der Waals surface area contributed by atoms with E-state index in [1.165, 1.54) is 4.90 Å². The van der Waals surface area contributed by atoms with E-state index < -0.39 is 6.09 Å². The van der Waals surface area contributed by atoms with E-state index in [1.54, 1.807) is 13.8 Å². The lowest BCUT2D eigenvalue weighted by atomic mass is 10.2. The van der Waals surface area contributed by atoms with Crippen LogP contribution in [0, 0.1) is 25.2 Å². The van der Waals surface area contributed by atoms with Crippen LogP contribution in [0.5, 0.6) is 0 Å². The first-order chi connectivity index (χ1) is 9.02. The molecule has 0 unspecified atom stereocenters. The van der Waals surface area contributed by atoms with Crippen molar-refractivity contribution in [3.05, 3.63) is 17.1 Å². The highest BCUT2D eigenvalue weighted by molar-refractivity contribution is 5.66. The van der Waals surface area contributed by atoms with Gasteiger partial charge in [-0.05, 0) is 13.8 Å². The van der Waals surface area contributed by atoms with Crippen molar-refractivity contribution in [3.63, 3.8) is 0 Å². The summed E-state index contributed by atoms with van der Waals surface area (Å²) in [6.45, 7) is 5.48. The van der Waals surface area contributed by atoms with E-state index in [9.17, 15) is 10.1 Å². The number of anilines is 1. The normalized spacial score (nSPS) is 15.2. The molecule has 1 aliphatic heterocycles. The molecule has 2 heterocycles. The number of carbonyl (C=O) groups is 1. The van der Waals surface area contributed by atoms with Crippen LogP contribution in [0.3, 0.4) is 0 Å². The van der Waals surface area contributed by atoms with Crippen LogP contribution in [0.4, 0.5) is 10.6 Å². The number of rotatable bonds is 1. The van der Waals surface area contributed by atoms with Crippen LogP contribution in [0.2, 0.25) is 0 Å². The summed E-state index contributed by atoms with van der Waals surface area (Å²) in [4.78, 5) is 22.7. The number of hydrogen-bond donors (Lipinski definition) is 1. The van der Waals surface area contributed by atoms with Gasteiger partial charge in [0.15, 0.2) is 5.82 Å². The molecule has 0 spiro atoms. The SMILES string of the molecule is Cc1nc(C)c(C#N)c(N2CCN(C(=O)O)CC2)n1. The van der Waals surface area contributed by atoms with E-state index in [0.717, 1.165) is 0 Å². The van der Waals surface area contributed by atoms with Crippen LogP contribution >= 0.6 is 0 Å². The Morgan fingerprint density at radius 3 is 2.42 bits per heavy atom. The number of aromatic nitrogens is 2. The number of amides is 1. The summed E-state index contributed by atoms with van der Waals surface area (Å²) in [5.41, 5.74) is 1.13. The molecule has 0 radical (unpaired) electrons. The minimum Gasteiger partial charge on any atom is -0.465 e. The average molecular weight is 261 g/mol. The molecule has 7 heteroatoms. The average Bonchev–Trinajstić information content (AvgIpc) is 2.38. The summed E-state index contributed by atoms with van der Waals surface area (Å²) in [6.07, 6.45) is -0.907. The third-order valence-corrected chi connectivity index (χ3v) is 3.14. The van der Waals surface area contributed by atoms with Gasteiger partial charge in [0, 0.05) is 26.2 Å². The van der Waals surface area contributed by atoms with Gasteiger partial charge in [0.25, 0.3) is 0 Å². The number of nitriles is 1.